The molecule has 1 atom stereocenters. The number of carbonyl (C=O) groups excluding carboxylic acids is 1. The van der Waals surface area contributed by atoms with E-state index in [2.05, 4.69) is 10.2 Å². The number of likely N-dealkylation sites (N-methyl/N-ethyl adjacent to an activating group) is 1. The van der Waals surface area contributed by atoms with Crippen molar-refractivity contribution in [3.8, 4) is 0 Å². The van der Waals surface area contributed by atoms with Crippen LogP contribution < -0.4 is 5.32 Å². The summed E-state index contributed by atoms with van der Waals surface area (Å²) in [6.45, 7) is 13.6. The van der Waals surface area contributed by atoms with Gasteiger partial charge in [-0.25, -0.2) is 4.79 Å². The molecule has 1 aliphatic carbocycles. The van der Waals surface area contributed by atoms with Gasteiger partial charge in [0.2, 0.25) is 0 Å². The molecule has 22 heavy (non-hydrogen) atoms. The largest absolute Gasteiger partial charge is 0.444 e. The molecule has 0 radical (unpaired) electrons. The second kappa shape index (κ2) is 7.64. The van der Waals surface area contributed by atoms with Crippen LogP contribution in [0.3, 0.4) is 0 Å². The molecule has 1 unspecified atom stereocenters. The summed E-state index contributed by atoms with van der Waals surface area (Å²) in [6, 6.07) is 0.803. The first kappa shape index (κ1) is 17.5. The van der Waals surface area contributed by atoms with E-state index in [4.69, 9.17) is 4.74 Å². The first-order chi connectivity index (χ1) is 10.4. The first-order valence-electron chi connectivity index (χ1n) is 8.81. The van der Waals surface area contributed by atoms with Gasteiger partial charge < -0.3 is 19.9 Å². The minimum Gasteiger partial charge on any atom is -0.444 e. The SMILES string of the molecule is CCN(CCN1CCC(CNC2CC2)C1)C(=O)OC(C)(C)C. The van der Waals surface area contributed by atoms with Gasteiger partial charge in [-0.05, 0) is 66.0 Å². The number of hydrogen-bond acceptors (Lipinski definition) is 4. The Hall–Kier alpha value is -0.810. The quantitative estimate of drug-likeness (QED) is 0.784. The van der Waals surface area contributed by atoms with Gasteiger partial charge in [0.1, 0.15) is 5.60 Å². The summed E-state index contributed by atoms with van der Waals surface area (Å²) >= 11 is 0. The Balaban J connectivity index is 1.66. The molecule has 0 aromatic rings. The molecule has 0 aromatic heterocycles. The lowest BCUT2D eigenvalue weighted by Gasteiger charge is -2.28. The molecule has 1 N–H and O–H groups in total. The average Bonchev–Trinajstić information content (AvgIpc) is 3.14. The number of rotatable bonds is 7. The lowest BCUT2D eigenvalue weighted by Crippen LogP contribution is -2.41. The van der Waals surface area contributed by atoms with Gasteiger partial charge >= 0.3 is 6.09 Å². The average molecular weight is 311 g/mol. The summed E-state index contributed by atoms with van der Waals surface area (Å²) in [5.74, 6) is 0.775. The lowest BCUT2D eigenvalue weighted by atomic mass is 10.1. The Morgan fingerprint density at radius 2 is 2.05 bits per heavy atom. The summed E-state index contributed by atoms with van der Waals surface area (Å²) in [5, 5.41) is 3.63. The van der Waals surface area contributed by atoms with Gasteiger partial charge in [0.25, 0.3) is 0 Å². The third kappa shape index (κ3) is 6.13. The molecule has 128 valence electrons. The van der Waals surface area contributed by atoms with Crippen molar-refractivity contribution >= 4 is 6.09 Å². The Labute approximate surface area is 135 Å². The zero-order valence-electron chi connectivity index (χ0n) is 14.7. The van der Waals surface area contributed by atoms with Crippen LogP contribution in [-0.4, -0.2) is 66.8 Å². The van der Waals surface area contributed by atoms with Crippen molar-refractivity contribution in [2.75, 3.05) is 39.3 Å². The Kier molecular flexibility index (Phi) is 6.09. The second-order valence-corrected chi connectivity index (χ2v) is 7.70. The van der Waals surface area contributed by atoms with Gasteiger partial charge in [0.05, 0.1) is 0 Å². The molecule has 0 aromatic carbocycles. The predicted octanol–water partition coefficient (Wildman–Crippen LogP) is 2.32. The Morgan fingerprint density at radius 3 is 2.64 bits per heavy atom. The zero-order chi connectivity index (χ0) is 16.2. The molecular weight excluding hydrogens is 278 g/mol. The summed E-state index contributed by atoms with van der Waals surface area (Å²) in [4.78, 5) is 16.4. The molecule has 2 fully saturated rings. The first-order valence-corrected chi connectivity index (χ1v) is 8.81. The molecule has 2 rings (SSSR count). The van der Waals surface area contributed by atoms with Crippen molar-refractivity contribution in [3.05, 3.63) is 0 Å². The van der Waals surface area contributed by atoms with E-state index in [-0.39, 0.29) is 6.09 Å². The minimum atomic E-state index is -0.419. The maximum Gasteiger partial charge on any atom is 0.410 e. The van der Waals surface area contributed by atoms with Gasteiger partial charge in [-0.1, -0.05) is 0 Å². The number of nitrogens with zero attached hydrogens (tertiary/aromatic N) is 2. The number of likely N-dealkylation sites (tertiary alicyclic amines) is 1. The van der Waals surface area contributed by atoms with Gasteiger partial charge in [-0.15, -0.1) is 0 Å². The number of hydrogen-bond donors (Lipinski definition) is 1. The van der Waals surface area contributed by atoms with Crippen LogP contribution in [0, 0.1) is 5.92 Å². The van der Waals surface area contributed by atoms with Crippen LogP contribution >= 0.6 is 0 Å². The van der Waals surface area contributed by atoms with Crippen molar-refractivity contribution in [1.82, 2.24) is 15.1 Å². The topological polar surface area (TPSA) is 44.8 Å². The summed E-state index contributed by atoms with van der Waals surface area (Å²) in [7, 11) is 0. The fourth-order valence-corrected chi connectivity index (χ4v) is 2.87. The van der Waals surface area contributed by atoms with E-state index in [1.807, 2.05) is 27.7 Å². The predicted molar refractivity (Wildman–Crippen MR) is 89.1 cm³/mol. The van der Waals surface area contributed by atoms with Gasteiger partial charge in [0.15, 0.2) is 0 Å². The highest BCUT2D eigenvalue weighted by atomic mass is 16.6. The highest BCUT2D eigenvalue weighted by molar-refractivity contribution is 5.68. The standard InChI is InChI=1S/C17H33N3O2/c1-5-20(16(21)22-17(2,3)4)11-10-19-9-8-14(13-19)12-18-15-6-7-15/h14-15,18H,5-13H2,1-4H3. The summed E-state index contributed by atoms with van der Waals surface area (Å²) < 4.78 is 5.46. The maximum atomic E-state index is 12.1. The third-order valence-electron chi connectivity index (χ3n) is 4.36. The van der Waals surface area contributed by atoms with Crippen LogP contribution in [0.15, 0.2) is 0 Å². The number of amides is 1. The minimum absolute atomic E-state index is 0.193. The number of nitrogens with one attached hydrogen (secondary N) is 1. The van der Waals surface area contributed by atoms with E-state index >= 15 is 0 Å². The van der Waals surface area contributed by atoms with Crippen molar-refractivity contribution < 1.29 is 9.53 Å². The molecule has 5 nitrogen and oxygen atoms in total. The molecule has 0 bridgehead atoms. The van der Waals surface area contributed by atoms with E-state index in [1.54, 1.807) is 4.90 Å². The molecule has 5 heteroatoms. The molecule has 1 heterocycles. The molecule has 1 amide bonds. The van der Waals surface area contributed by atoms with E-state index in [9.17, 15) is 4.79 Å². The summed E-state index contributed by atoms with van der Waals surface area (Å²) in [6.07, 6.45) is 3.80. The fourth-order valence-electron chi connectivity index (χ4n) is 2.87. The van der Waals surface area contributed by atoms with Crippen molar-refractivity contribution in [2.45, 2.75) is 58.6 Å². The van der Waals surface area contributed by atoms with Crippen LogP contribution in [0.25, 0.3) is 0 Å². The molecule has 2 aliphatic rings. The van der Waals surface area contributed by atoms with E-state index in [1.165, 1.54) is 19.3 Å². The second-order valence-electron chi connectivity index (χ2n) is 7.70. The molecular formula is C17H33N3O2. The maximum absolute atomic E-state index is 12.1. The highest BCUT2D eigenvalue weighted by Gasteiger charge is 2.27. The third-order valence-corrected chi connectivity index (χ3v) is 4.36. The van der Waals surface area contributed by atoms with E-state index in [0.29, 0.717) is 6.54 Å². The van der Waals surface area contributed by atoms with Crippen molar-refractivity contribution in [1.29, 1.82) is 0 Å². The van der Waals surface area contributed by atoms with E-state index < -0.39 is 5.60 Å². The van der Waals surface area contributed by atoms with Crippen LogP contribution in [0.2, 0.25) is 0 Å². The number of ether oxygens (including phenoxy) is 1. The molecule has 1 saturated heterocycles. The zero-order valence-corrected chi connectivity index (χ0v) is 14.7. The smallest absolute Gasteiger partial charge is 0.410 e. The van der Waals surface area contributed by atoms with Crippen molar-refractivity contribution in [2.24, 2.45) is 5.92 Å². The lowest BCUT2D eigenvalue weighted by molar-refractivity contribution is 0.0246. The monoisotopic (exact) mass is 311 g/mol. The van der Waals surface area contributed by atoms with Gasteiger partial charge in [-0.3, -0.25) is 0 Å². The van der Waals surface area contributed by atoms with Crippen LogP contribution in [-0.2, 0) is 4.74 Å². The van der Waals surface area contributed by atoms with Crippen molar-refractivity contribution in [3.63, 3.8) is 0 Å². The highest BCUT2D eigenvalue weighted by Crippen LogP contribution is 2.21. The van der Waals surface area contributed by atoms with Gasteiger partial charge in [0, 0.05) is 32.2 Å². The normalized spacial score (nSPS) is 22.8. The Bertz CT molecular complexity index is 363. The number of carbonyl (C=O) groups is 1. The van der Waals surface area contributed by atoms with Crippen LogP contribution in [0.5, 0.6) is 0 Å². The Morgan fingerprint density at radius 1 is 1.32 bits per heavy atom. The van der Waals surface area contributed by atoms with E-state index in [0.717, 1.165) is 44.7 Å². The molecule has 1 saturated carbocycles. The fraction of sp³-hybridized carbons (Fsp3) is 0.941. The van der Waals surface area contributed by atoms with Gasteiger partial charge in [-0.2, -0.15) is 0 Å². The molecule has 0 spiro atoms. The van der Waals surface area contributed by atoms with Crippen LogP contribution in [0.1, 0.15) is 47.0 Å². The van der Waals surface area contributed by atoms with Crippen LogP contribution in [0.4, 0.5) is 4.79 Å². The molecule has 1 aliphatic heterocycles. The summed E-state index contributed by atoms with van der Waals surface area (Å²) in [5.41, 5.74) is -0.419.